The normalized spacial score (nSPS) is 18.5. The molecule has 0 saturated carbocycles. The van der Waals surface area contributed by atoms with Gasteiger partial charge in [0.2, 0.25) is 6.23 Å². The third-order valence-electron chi connectivity index (χ3n) is 6.54. The molecule has 2 aliphatic rings. The Kier molecular flexibility index (Phi) is 6.70. The van der Waals surface area contributed by atoms with E-state index in [9.17, 15) is 0 Å². The van der Waals surface area contributed by atoms with E-state index in [-0.39, 0.29) is 12.3 Å². The van der Waals surface area contributed by atoms with E-state index >= 15 is 0 Å². The van der Waals surface area contributed by atoms with Crippen molar-refractivity contribution in [2.24, 2.45) is 5.10 Å². The number of benzene rings is 3. The fourth-order valence-corrected chi connectivity index (χ4v) is 4.66. The molecule has 176 valence electrons. The SMILES string of the molecule is CCCCCCOc1ccc([C@H]2Oc3ccc(OC)cc3[C@H]3CC(c4ccccc4)=NN32)cc1. The molecule has 0 aromatic heterocycles. The fraction of sp³-hybridized carbons (Fsp3) is 0.345. The van der Waals surface area contributed by atoms with Crippen molar-refractivity contribution in [1.82, 2.24) is 5.01 Å². The number of fused-ring (bicyclic) bond motifs is 3. The molecule has 5 nitrogen and oxygen atoms in total. The summed E-state index contributed by atoms with van der Waals surface area (Å²) in [7, 11) is 1.69. The Hall–Kier alpha value is -3.47. The standard InChI is InChI=1S/C29H32N2O3/c1-3-4-5-9-18-33-23-14-12-22(13-15-23)29-31-27(20-26(30-31)21-10-7-6-8-11-21)25-19-24(32-2)16-17-28(25)34-29/h6-8,10-17,19,27,29H,3-5,9,18,20H2,1-2H3/t27-,29-/m1/s1. The largest absolute Gasteiger partial charge is 0.497 e. The Morgan fingerprint density at radius 2 is 1.74 bits per heavy atom. The average Bonchev–Trinajstić information content (AvgIpc) is 3.35. The van der Waals surface area contributed by atoms with E-state index in [1.807, 2.05) is 30.3 Å². The molecule has 0 amide bonds. The third-order valence-corrected chi connectivity index (χ3v) is 6.54. The van der Waals surface area contributed by atoms with Crippen molar-refractivity contribution in [2.45, 2.75) is 51.3 Å². The minimum Gasteiger partial charge on any atom is -0.497 e. The van der Waals surface area contributed by atoms with Crippen molar-refractivity contribution >= 4 is 5.71 Å². The van der Waals surface area contributed by atoms with Gasteiger partial charge in [-0.25, -0.2) is 5.01 Å². The van der Waals surface area contributed by atoms with Gasteiger partial charge in [-0.2, -0.15) is 5.10 Å². The first-order valence-electron chi connectivity index (χ1n) is 12.3. The summed E-state index contributed by atoms with van der Waals surface area (Å²) in [6.07, 6.45) is 5.32. The van der Waals surface area contributed by atoms with E-state index in [2.05, 4.69) is 54.4 Å². The molecule has 5 heteroatoms. The Morgan fingerprint density at radius 3 is 2.50 bits per heavy atom. The third kappa shape index (κ3) is 4.60. The van der Waals surface area contributed by atoms with Crippen molar-refractivity contribution in [2.75, 3.05) is 13.7 Å². The number of hydrazone groups is 1. The van der Waals surface area contributed by atoms with Gasteiger partial charge >= 0.3 is 0 Å². The molecular formula is C29H32N2O3. The number of methoxy groups -OCH3 is 1. The van der Waals surface area contributed by atoms with Crippen LogP contribution in [-0.2, 0) is 0 Å². The van der Waals surface area contributed by atoms with Gasteiger partial charge in [-0.05, 0) is 54.4 Å². The van der Waals surface area contributed by atoms with Crippen molar-refractivity contribution in [3.8, 4) is 17.2 Å². The Labute approximate surface area is 202 Å². The number of rotatable bonds is 9. The van der Waals surface area contributed by atoms with Crippen LogP contribution in [-0.4, -0.2) is 24.4 Å². The van der Waals surface area contributed by atoms with Gasteiger partial charge in [-0.15, -0.1) is 0 Å². The first-order valence-corrected chi connectivity index (χ1v) is 12.3. The van der Waals surface area contributed by atoms with Crippen LogP contribution in [0.15, 0.2) is 77.9 Å². The fourth-order valence-electron chi connectivity index (χ4n) is 4.66. The van der Waals surface area contributed by atoms with Gasteiger partial charge in [-0.3, -0.25) is 0 Å². The van der Waals surface area contributed by atoms with Crippen LogP contribution in [0.3, 0.4) is 0 Å². The van der Waals surface area contributed by atoms with Crippen LogP contribution in [0.25, 0.3) is 0 Å². The molecule has 0 saturated heterocycles. The second-order valence-corrected chi connectivity index (χ2v) is 8.86. The minimum absolute atomic E-state index is 0.0912. The molecular weight excluding hydrogens is 424 g/mol. The van der Waals surface area contributed by atoms with Gasteiger partial charge in [-0.1, -0.05) is 56.5 Å². The van der Waals surface area contributed by atoms with E-state index in [1.165, 1.54) is 19.3 Å². The Balaban J connectivity index is 1.40. The molecule has 34 heavy (non-hydrogen) atoms. The lowest BCUT2D eigenvalue weighted by atomic mass is 9.95. The van der Waals surface area contributed by atoms with Crippen molar-refractivity contribution in [3.63, 3.8) is 0 Å². The maximum absolute atomic E-state index is 6.50. The second kappa shape index (κ2) is 10.2. The van der Waals surface area contributed by atoms with Crippen LogP contribution in [0.1, 0.15) is 68.0 Å². The summed E-state index contributed by atoms with van der Waals surface area (Å²) in [5.74, 6) is 2.61. The number of nitrogens with zero attached hydrogens (tertiary/aromatic N) is 2. The monoisotopic (exact) mass is 456 g/mol. The highest BCUT2D eigenvalue weighted by Gasteiger charge is 2.41. The summed E-state index contributed by atoms with van der Waals surface area (Å²) in [6.45, 7) is 2.98. The average molecular weight is 457 g/mol. The Bertz CT molecular complexity index is 1130. The van der Waals surface area contributed by atoms with E-state index < -0.39 is 0 Å². The molecule has 5 rings (SSSR count). The maximum atomic E-state index is 6.50. The molecule has 2 aliphatic heterocycles. The lowest BCUT2D eigenvalue weighted by Gasteiger charge is -2.38. The van der Waals surface area contributed by atoms with E-state index in [0.717, 1.165) is 59.1 Å². The second-order valence-electron chi connectivity index (χ2n) is 8.86. The first-order chi connectivity index (χ1) is 16.8. The highest BCUT2D eigenvalue weighted by atomic mass is 16.5. The van der Waals surface area contributed by atoms with Crippen LogP contribution in [0.4, 0.5) is 0 Å². The molecule has 2 heterocycles. The predicted molar refractivity (Wildman–Crippen MR) is 135 cm³/mol. The van der Waals surface area contributed by atoms with Gasteiger partial charge < -0.3 is 14.2 Å². The van der Waals surface area contributed by atoms with Gasteiger partial charge in [0.1, 0.15) is 17.2 Å². The number of ether oxygens (including phenoxy) is 3. The zero-order valence-electron chi connectivity index (χ0n) is 19.9. The zero-order valence-corrected chi connectivity index (χ0v) is 19.9. The molecule has 3 aromatic carbocycles. The molecule has 3 aromatic rings. The van der Waals surface area contributed by atoms with Crippen molar-refractivity contribution < 1.29 is 14.2 Å². The molecule has 0 unspecified atom stereocenters. The topological polar surface area (TPSA) is 43.3 Å². The number of hydrogen-bond donors (Lipinski definition) is 0. The van der Waals surface area contributed by atoms with Gasteiger partial charge in [0.25, 0.3) is 0 Å². The first kappa shape index (κ1) is 22.3. The van der Waals surface area contributed by atoms with E-state index in [4.69, 9.17) is 19.3 Å². The summed E-state index contributed by atoms with van der Waals surface area (Å²) in [5.41, 5.74) is 4.38. The quantitative estimate of drug-likeness (QED) is 0.329. The zero-order chi connectivity index (χ0) is 23.3. The van der Waals surface area contributed by atoms with Crippen molar-refractivity contribution in [3.05, 3.63) is 89.5 Å². The lowest BCUT2D eigenvalue weighted by Crippen LogP contribution is -2.33. The van der Waals surface area contributed by atoms with Crippen LogP contribution in [0.5, 0.6) is 17.2 Å². The Morgan fingerprint density at radius 1 is 0.941 bits per heavy atom. The van der Waals surface area contributed by atoms with Gasteiger partial charge in [0, 0.05) is 17.5 Å². The van der Waals surface area contributed by atoms with E-state index in [1.54, 1.807) is 7.11 Å². The molecule has 0 aliphatic carbocycles. The molecule has 0 fully saturated rings. The van der Waals surface area contributed by atoms with Gasteiger partial charge in [0.05, 0.1) is 25.5 Å². The molecule has 0 spiro atoms. The smallest absolute Gasteiger partial charge is 0.213 e. The minimum atomic E-state index is -0.300. The maximum Gasteiger partial charge on any atom is 0.213 e. The van der Waals surface area contributed by atoms with Crippen LogP contribution >= 0.6 is 0 Å². The molecule has 2 atom stereocenters. The summed E-state index contributed by atoms with van der Waals surface area (Å²) < 4.78 is 17.9. The number of hydrogen-bond acceptors (Lipinski definition) is 5. The highest BCUT2D eigenvalue weighted by Crippen LogP contribution is 2.48. The summed E-state index contributed by atoms with van der Waals surface area (Å²) >= 11 is 0. The van der Waals surface area contributed by atoms with Gasteiger partial charge in [0.15, 0.2) is 0 Å². The van der Waals surface area contributed by atoms with E-state index in [0.29, 0.717) is 0 Å². The summed E-state index contributed by atoms with van der Waals surface area (Å²) in [5, 5.41) is 7.15. The van der Waals surface area contributed by atoms with Crippen LogP contribution in [0.2, 0.25) is 0 Å². The highest BCUT2D eigenvalue weighted by molar-refractivity contribution is 6.01. The molecule has 0 N–H and O–H groups in total. The summed E-state index contributed by atoms with van der Waals surface area (Å²) in [6, 6.07) is 24.8. The molecule has 0 bridgehead atoms. The van der Waals surface area contributed by atoms with Crippen LogP contribution in [0, 0.1) is 0 Å². The predicted octanol–water partition coefficient (Wildman–Crippen LogP) is 6.90. The van der Waals surface area contributed by atoms with Crippen LogP contribution < -0.4 is 14.2 Å². The van der Waals surface area contributed by atoms with Crippen molar-refractivity contribution in [1.29, 1.82) is 0 Å². The lowest BCUT2D eigenvalue weighted by molar-refractivity contribution is -0.0191. The molecule has 0 radical (unpaired) electrons. The summed E-state index contributed by atoms with van der Waals surface area (Å²) in [4.78, 5) is 0. The number of unbranched alkanes of at least 4 members (excludes halogenated alkanes) is 3.